The zero-order valence-corrected chi connectivity index (χ0v) is 26.1. The number of aromatic nitrogens is 2. The summed E-state index contributed by atoms with van der Waals surface area (Å²) in [7, 11) is 5.26. The standard InChI is InChI=1S/C30H39N5O3.C2HF3O2/c1-20-28(21(2)34(3)33-20)32-29(36)31-24-13-14-30(23-11-12-25(37-4)26(17-23)38-5)15-16-35(27(30)18-24)19-22-9-7-6-8-10-22;3-2(4,5)1(6)7/h6-12,17,24,27H,13-16,18-19H2,1-5H3,(H2,31,32,36);(H,6,7). The van der Waals surface area contributed by atoms with E-state index in [1.165, 1.54) is 11.1 Å². The number of fused-ring (bicyclic) bond motifs is 1. The van der Waals surface area contributed by atoms with Gasteiger partial charge in [0.15, 0.2) is 11.5 Å². The van der Waals surface area contributed by atoms with Crippen LogP contribution in [0.4, 0.5) is 23.7 Å². The molecule has 13 heteroatoms. The van der Waals surface area contributed by atoms with Gasteiger partial charge in [-0.15, -0.1) is 0 Å². The number of nitrogens with one attached hydrogen (secondary N) is 2. The second-order valence-electron chi connectivity index (χ2n) is 11.5. The Morgan fingerprint density at radius 1 is 1.07 bits per heavy atom. The van der Waals surface area contributed by atoms with Gasteiger partial charge in [-0.2, -0.15) is 18.3 Å². The minimum absolute atomic E-state index is 0.000482. The number of anilines is 1. The molecule has 2 aromatic carbocycles. The number of alkyl halides is 3. The second-order valence-corrected chi connectivity index (χ2v) is 11.5. The summed E-state index contributed by atoms with van der Waals surface area (Å²) in [4.78, 5) is 24.6. The van der Waals surface area contributed by atoms with Gasteiger partial charge in [-0.1, -0.05) is 36.4 Å². The lowest BCUT2D eigenvalue weighted by atomic mass is 9.65. The van der Waals surface area contributed by atoms with Crippen LogP contribution in [-0.4, -0.2) is 70.8 Å². The lowest BCUT2D eigenvalue weighted by Crippen LogP contribution is -2.52. The monoisotopic (exact) mass is 631 g/mol. The summed E-state index contributed by atoms with van der Waals surface area (Å²) >= 11 is 0. The number of carboxylic acids is 1. The highest BCUT2D eigenvalue weighted by Gasteiger charge is 2.51. The van der Waals surface area contributed by atoms with Crippen LogP contribution < -0.4 is 20.1 Å². The fraction of sp³-hybridized carbons (Fsp3) is 0.469. The smallest absolute Gasteiger partial charge is 0.490 e. The molecule has 2 heterocycles. The fourth-order valence-corrected chi connectivity index (χ4v) is 6.56. The molecule has 2 aliphatic rings. The third-order valence-corrected chi connectivity index (χ3v) is 8.88. The minimum atomic E-state index is -5.08. The van der Waals surface area contributed by atoms with Crippen LogP contribution in [0.25, 0.3) is 0 Å². The average Bonchev–Trinajstić information content (AvgIpc) is 3.48. The molecule has 244 valence electrons. The van der Waals surface area contributed by atoms with Gasteiger partial charge in [0.1, 0.15) is 0 Å². The van der Waals surface area contributed by atoms with Crippen LogP contribution in [0.2, 0.25) is 0 Å². The Morgan fingerprint density at radius 3 is 2.31 bits per heavy atom. The van der Waals surface area contributed by atoms with Crippen molar-refractivity contribution in [3.8, 4) is 11.5 Å². The Balaban J connectivity index is 0.000000591. The first-order chi connectivity index (χ1) is 21.3. The molecule has 1 aliphatic heterocycles. The van der Waals surface area contributed by atoms with Gasteiger partial charge in [0.05, 0.1) is 31.3 Å². The van der Waals surface area contributed by atoms with E-state index in [0.717, 1.165) is 67.3 Å². The predicted octanol–water partition coefficient (Wildman–Crippen LogP) is 5.57. The van der Waals surface area contributed by atoms with Crippen molar-refractivity contribution in [1.29, 1.82) is 0 Å². The molecule has 3 N–H and O–H groups in total. The maximum Gasteiger partial charge on any atom is 0.490 e. The van der Waals surface area contributed by atoms with Gasteiger partial charge in [0.2, 0.25) is 0 Å². The van der Waals surface area contributed by atoms with Gasteiger partial charge >= 0.3 is 18.2 Å². The van der Waals surface area contributed by atoms with Crippen LogP contribution >= 0.6 is 0 Å². The summed E-state index contributed by atoms with van der Waals surface area (Å²) in [5.74, 6) is -1.25. The summed E-state index contributed by atoms with van der Waals surface area (Å²) in [5.41, 5.74) is 5.15. The van der Waals surface area contributed by atoms with Gasteiger partial charge in [-0.25, -0.2) is 9.59 Å². The van der Waals surface area contributed by atoms with Crippen LogP contribution in [0.5, 0.6) is 11.5 Å². The number of hydrogen-bond acceptors (Lipinski definition) is 6. The molecule has 3 aromatic rings. The SMILES string of the molecule is COc1ccc(C23CCC(NC(=O)Nc4c(C)nn(C)c4C)CC2N(Cc2ccccc2)CC3)cc1OC.O=C(O)C(F)(F)F. The Morgan fingerprint density at radius 2 is 1.73 bits per heavy atom. The molecule has 0 radical (unpaired) electrons. The van der Waals surface area contributed by atoms with Crippen LogP contribution in [0, 0.1) is 13.8 Å². The quantitative estimate of drug-likeness (QED) is 0.312. The van der Waals surface area contributed by atoms with E-state index in [-0.39, 0.29) is 17.5 Å². The van der Waals surface area contributed by atoms with Gasteiger partial charge in [0, 0.05) is 31.1 Å². The molecule has 0 bridgehead atoms. The van der Waals surface area contributed by atoms with Gasteiger partial charge < -0.3 is 25.2 Å². The number of hydrogen-bond donors (Lipinski definition) is 3. The number of nitrogens with zero attached hydrogens (tertiary/aromatic N) is 3. The molecule has 2 fully saturated rings. The molecule has 45 heavy (non-hydrogen) atoms. The van der Waals surface area contributed by atoms with Gasteiger partial charge in [0.25, 0.3) is 0 Å². The minimum Gasteiger partial charge on any atom is -0.493 e. The first-order valence-electron chi connectivity index (χ1n) is 14.7. The Bertz CT molecular complexity index is 1500. The molecular weight excluding hydrogens is 591 g/mol. The molecule has 1 saturated carbocycles. The molecule has 2 amide bonds. The van der Waals surface area contributed by atoms with Crippen molar-refractivity contribution in [2.45, 2.75) is 69.8 Å². The number of ether oxygens (including phenoxy) is 2. The van der Waals surface area contributed by atoms with Crippen molar-refractivity contribution in [2.75, 3.05) is 26.1 Å². The molecule has 0 spiro atoms. The average molecular weight is 632 g/mol. The van der Waals surface area contributed by atoms with E-state index in [0.29, 0.717) is 6.04 Å². The molecule has 1 aromatic heterocycles. The maximum absolute atomic E-state index is 13.1. The highest BCUT2D eigenvalue weighted by molar-refractivity contribution is 5.90. The maximum atomic E-state index is 13.1. The molecular formula is C32H40F3N5O5. The van der Waals surface area contributed by atoms with E-state index in [2.05, 4.69) is 63.1 Å². The Labute approximate surface area is 260 Å². The summed E-state index contributed by atoms with van der Waals surface area (Å²) in [5, 5.41) is 17.9. The molecule has 10 nitrogen and oxygen atoms in total. The number of halogens is 3. The number of urea groups is 1. The summed E-state index contributed by atoms with van der Waals surface area (Å²) in [6.45, 7) is 5.79. The summed E-state index contributed by atoms with van der Waals surface area (Å²) in [6.07, 6.45) is -1.21. The molecule has 5 rings (SSSR count). The Kier molecular flexibility index (Phi) is 10.3. The number of aliphatic carboxylic acids is 1. The van der Waals surface area contributed by atoms with Crippen molar-refractivity contribution in [1.82, 2.24) is 20.0 Å². The van der Waals surface area contributed by atoms with Crippen LogP contribution in [0.3, 0.4) is 0 Å². The van der Waals surface area contributed by atoms with E-state index in [4.69, 9.17) is 19.4 Å². The van der Waals surface area contributed by atoms with E-state index in [1.54, 1.807) is 18.9 Å². The van der Waals surface area contributed by atoms with E-state index in [1.807, 2.05) is 27.0 Å². The number of likely N-dealkylation sites (tertiary alicyclic amines) is 1. The number of benzene rings is 2. The summed E-state index contributed by atoms with van der Waals surface area (Å²) < 4.78 is 44.7. The number of amides is 2. The van der Waals surface area contributed by atoms with Crippen molar-refractivity contribution in [2.24, 2.45) is 7.05 Å². The largest absolute Gasteiger partial charge is 0.493 e. The lowest BCUT2D eigenvalue weighted by molar-refractivity contribution is -0.192. The van der Waals surface area contributed by atoms with Crippen molar-refractivity contribution < 1.29 is 37.3 Å². The number of carbonyl (C=O) groups is 2. The zero-order chi connectivity index (χ0) is 32.9. The molecule has 1 saturated heterocycles. The van der Waals surface area contributed by atoms with E-state index in [9.17, 15) is 18.0 Å². The Hall–Kier alpha value is -4.26. The van der Waals surface area contributed by atoms with Crippen LogP contribution in [0.15, 0.2) is 48.5 Å². The predicted molar refractivity (Wildman–Crippen MR) is 163 cm³/mol. The van der Waals surface area contributed by atoms with Crippen molar-refractivity contribution in [3.63, 3.8) is 0 Å². The van der Waals surface area contributed by atoms with Gasteiger partial charge in [-0.3, -0.25) is 9.58 Å². The van der Waals surface area contributed by atoms with E-state index >= 15 is 0 Å². The topological polar surface area (TPSA) is 118 Å². The first kappa shape index (κ1) is 33.6. The highest BCUT2D eigenvalue weighted by Crippen LogP contribution is 2.50. The fourth-order valence-electron chi connectivity index (χ4n) is 6.56. The molecule has 1 aliphatic carbocycles. The van der Waals surface area contributed by atoms with Crippen molar-refractivity contribution in [3.05, 3.63) is 71.0 Å². The number of rotatable bonds is 7. The first-order valence-corrected chi connectivity index (χ1v) is 14.7. The van der Waals surface area contributed by atoms with Crippen molar-refractivity contribution >= 4 is 17.7 Å². The summed E-state index contributed by atoms with van der Waals surface area (Å²) in [6, 6.07) is 17.3. The number of carboxylic acid groups (broad SMARTS) is 1. The van der Waals surface area contributed by atoms with Crippen LogP contribution in [0.1, 0.15) is 48.2 Å². The van der Waals surface area contributed by atoms with E-state index < -0.39 is 12.1 Å². The lowest BCUT2D eigenvalue weighted by Gasteiger charge is -2.45. The third kappa shape index (κ3) is 7.52. The highest BCUT2D eigenvalue weighted by atomic mass is 19.4. The number of aryl methyl sites for hydroxylation is 2. The zero-order valence-electron chi connectivity index (χ0n) is 26.1. The normalized spacial score (nSPS) is 21.2. The van der Waals surface area contributed by atoms with Gasteiger partial charge in [-0.05, 0) is 69.3 Å². The number of carbonyl (C=O) groups excluding carboxylic acids is 1. The third-order valence-electron chi connectivity index (χ3n) is 8.88. The van der Waals surface area contributed by atoms with Crippen LogP contribution in [-0.2, 0) is 23.8 Å². The molecule has 3 unspecified atom stereocenters. The second kappa shape index (κ2) is 13.8. The molecule has 3 atom stereocenters. The number of methoxy groups -OCH3 is 2.